The van der Waals surface area contributed by atoms with Crippen molar-refractivity contribution in [1.82, 2.24) is 24.9 Å². The van der Waals surface area contributed by atoms with E-state index in [9.17, 15) is 4.79 Å². The lowest BCUT2D eigenvalue weighted by Gasteiger charge is -2.40. The van der Waals surface area contributed by atoms with Crippen molar-refractivity contribution in [2.75, 3.05) is 52.4 Å². The molecule has 1 aromatic rings. The molecule has 0 aliphatic carbocycles. The van der Waals surface area contributed by atoms with Gasteiger partial charge in [0.25, 0.3) is 5.91 Å². The molecule has 0 radical (unpaired) electrons. The number of hydrogen-bond donors (Lipinski definition) is 0. The van der Waals surface area contributed by atoms with E-state index in [1.165, 1.54) is 0 Å². The molecular formula is C18H29N5O2. The van der Waals surface area contributed by atoms with Gasteiger partial charge >= 0.3 is 0 Å². The summed E-state index contributed by atoms with van der Waals surface area (Å²) in [7, 11) is 0. The molecule has 0 aromatic carbocycles. The zero-order chi connectivity index (χ0) is 17.8. The minimum absolute atomic E-state index is 0.0213. The maximum Gasteiger partial charge on any atom is 0.274 e. The highest BCUT2D eigenvalue weighted by molar-refractivity contribution is 5.92. The van der Waals surface area contributed by atoms with Crippen LogP contribution in [0.4, 0.5) is 0 Å². The number of carbonyl (C=O) groups excluding carboxylic acids is 1. The summed E-state index contributed by atoms with van der Waals surface area (Å²) in [6.07, 6.45) is 0.265. The molecular weight excluding hydrogens is 318 g/mol. The SMILES string of the molecule is Cc1ccc(C(=O)N2CCN(CC3CN(C(C)C)CCO3)CC2)nn1. The zero-order valence-corrected chi connectivity index (χ0v) is 15.5. The molecule has 0 N–H and O–H groups in total. The predicted octanol–water partition coefficient (Wildman–Crippen LogP) is 0.652. The van der Waals surface area contributed by atoms with Gasteiger partial charge in [-0.1, -0.05) is 0 Å². The van der Waals surface area contributed by atoms with Crippen molar-refractivity contribution in [3.63, 3.8) is 0 Å². The summed E-state index contributed by atoms with van der Waals surface area (Å²) in [6.45, 7) is 13.3. The quantitative estimate of drug-likeness (QED) is 0.797. The van der Waals surface area contributed by atoms with Crippen molar-refractivity contribution in [2.45, 2.75) is 32.9 Å². The van der Waals surface area contributed by atoms with E-state index in [4.69, 9.17) is 4.74 Å². The van der Waals surface area contributed by atoms with E-state index in [1.54, 1.807) is 6.07 Å². The third-order valence-electron chi connectivity index (χ3n) is 5.04. The third kappa shape index (κ3) is 4.74. The van der Waals surface area contributed by atoms with Crippen LogP contribution in [0.1, 0.15) is 30.0 Å². The van der Waals surface area contributed by atoms with Crippen LogP contribution >= 0.6 is 0 Å². The zero-order valence-electron chi connectivity index (χ0n) is 15.5. The summed E-state index contributed by atoms with van der Waals surface area (Å²) in [4.78, 5) is 19.3. The Morgan fingerprint density at radius 3 is 2.60 bits per heavy atom. The maximum atomic E-state index is 12.5. The Balaban J connectivity index is 1.47. The van der Waals surface area contributed by atoms with Gasteiger partial charge in [-0.15, -0.1) is 5.10 Å². The van der Waals surface area contributed by atoms with Crippen molar-refractivity contribution in [3.8, 4) is 0 Å². The molecule has 0 saturated carbocycles. The Bertz CT molecular complexity index is 569. The van der Waals surface area contributed by atoms with Crippen molar-refractivity contribution in [1.29, 1.82) is 0 Å². The molecule has 25 heavy (non-hydrogen) atoms. The average molecular weight is 347 g/mol. The predicted molar refractivity (Wildman–Crippen MR) is 95.6 cm³/mol. The number of amides is 1. The van der Waals surface area contributed by atoms with Crippen molar-refractivity contribution < 1.29 is 9.53 Å². The monoisotopic (exact) mass is 347 g/mol. The van der Waals surface area contributed by atoms with Gasteiger partial charge in [-0.05, 0) is 32.9 Å². The molecule has 2 aliphatic rings. The van der Waals surface area contributed by atoms with Gasteiger partial charge in [0.1, 0.15) is 0 Å². The normalized spacial score (nSPS) is 23.2. The molecule has 1 unspecified atom stereocenters. The summed E-state index contributed by atoms with van der Waals surface area (Å²) in [5.74, 6) is -0.0213. The summed E-state index contributed by atoms with van der Waals surface area (Å²) in [6, 6.07) is 4.15. The number of piperazine rings is 1. The number of carbonyl (C=O) groups is 1. The lowest BCUT2D eigenvalue weighted by atomic mass is 10.2. The lowest BCUT2D eigenvalue weighted by Crippen LogP contribution is -2.54. The first-order valence-electron chi connectivity index (χ1n) is 9.20. The van der Waals surface area contributed by atoms with E-state index in [2.05, 4.69) is 33.8 Å². The third-order valence-corrected chi connectivity index (χ3v) is 5.04. The molecule has 3 heterocycles. The highest BCUT2D eigenvalue weighted by atomic mass is 16.5. The molecule has 0 spiro atoms. The molecule has 2 saturated heterocycles. The van der Waals surface area contributed by atoms with Gasteiger partial charge < -0.3 is 9.64 Å². The fourth-order valence-electron chi connectivity index (χ4n) is 3.42. The van der Waals surface area contributed by atoms with Crippen LogP contribution in [-0.4, -0.2) is 95.4 Å². The summed E-state index contributed by atoms with van der Waals surface area (Å²) >= 11 is 0. The molecule has 7 heteroatoms. The summed E-state index contributed by atoms with van der Waals surface area (Å²) in [5.41, 5.74) is 1.26. The first-order valence-corrected chi connectivity index (χ1v) is 9.20. The van der Waals surface area contributed by atoms with Gasteiger partial charge in [0, 0.05) is 51.9 Å². The Kier molecular flexibility index (Phi) is 5.98. The minimum Gasteiger partial charge on any atom is -0.374 e. The summed E-state index contributed by atoms with van der Waals surface area (Å²) < 4.78 is 5.93. The lowest BCUT2D eigenvalue weighted by molar-refractivity contribution is -0.0555. The van der Waals surface area contributed by atoms with Crippen molar-refractivity contribution in [2.24, 2.45) is 0 Å². The molecule has 138 valence electrons. The smallest absolute Gasteiger partial charge is 0.274 e. The number of morpholine rings is 1. The molecule has 1 atom stereocenters. The highest BCUT2D eigenvalue weighted by Gasteiger charge is 2.27. The molecule has 1 aromatic heterocycles. The van der Waals surface area contributed by atoms with Crippen molar-refractivity contribution >= 4 is 5.91 Å². The fraction of sp³-hybridized carbons (Fsp3) is 0.722. The second kappa shape index (κ2) is 8.21. The first-order chi connectivity index (χ1) is 12.0. The number of aryl methyl sites for hydroxylation is 1. The molecule has 3 rings (SSSR count). The van der Waals surface area contributed by atoms with Crippen LogP contribution in [0.15, 0.2) is 12.1 Å². The first kappa shape index (κ1) is 18.2. The van der Waals surface area contributed by atoms with Gasteiger partial charge in [-0.2, -0.15) is 5.10 Å². The Morgan fingerprint density at radius 2 is 1.96 bits per heavy atom. The number of ether oxygens (including phenoxy) is 1. The largest absolute Gasteiger partial charge is 0.374 e. The van der Waals surface area contributed by atoms with E-state index >= 15 is 0 Å². The summed E-state index contributed by atoms with van der Waals surface area (Å²) in [5, 5.41) is 7.99. The fourth-order valence-corrected chi connectivity index (χ4v) is 3.42. The van der Waals surface area contributed by atoms with Crippen LogP contribution in [0.3, 0.4) is 0 Å². The Labute approximate surface area is 149 Å². The maximum absolute atomic E-state index is 12.5. The number of aromatic nitrogens is 2. The Hall–Kier alpha value is -1.57. The van der Waals surface area contributed by atoms with Gasteiger partial charge in [0.15, 0.2) is 5.69 Å². The van der Waals surface area contributed by atoms with E-state index in [1.807, 2.05) is 17.9 Å². The molecule has 2 aliphatic heterocycles. The number of rotatable bonds is 4. The van der Waals surface area contributed by atoms with Crippen LogP contribution < -0.4 is 0 Å². The van der Waals surface area contributed by atoms with E-state index < -0.39 is 0 Å². The number of nitrogens with zero attached hydrogens (tertiary/aromatic N) is 5. The molecule has 7 nitrogen and oxygen atoms in total. The van der Waals surface area contributed by atoms with Crippen LogP contribution in [0, 0.1) is 6.92 Å². The van der Waals surface area contributed by atoms with Gasteiger partial charge in [0.2, 0.25) is 0 Å². The van der Waals surface area contributed by atoms with Crippen LogP contribution in [0.5, 0.6) is 0 Å². The number of hydrogen-bond acceptors (Lipinski definition) is 6. The van der Waals surface area contributed by atoms with Crippen LogP contribution in [0.2, 0.25) is 0 Å². The van der Waals surface area contributed by atoms with E-state index in [0.717, 1.165) is 58.1 Å². The van der Waals surface area contributed by atoms with E-state index in [-0.39, 0.29) is 12.0 Å². The van der Waals surface area contributed by atoms with Crippen molar-refractivity contribution in [3.05, 3.63) is 23.5 Å². The average Bonchev–Trinajstić information content (AvgIpc) is 2.63. The van der Waals surface area contributed by atoms with Gasteiger partial charge in [-0.25, -0.2) is 0 Å². The van der Waals surface area contributed by atoms with E-state index in [0.29, 0.717) is 11.7 Å². The van der Waals surface area contributed by atoms with Gasteiger partial charge in [-0.3, -0.25) is 14.6 Å². The second-order valence-electron chi connectivity index (χ2n) is 7.23. The standard InChI is InChI=1S/C18H29N5O2/c1-14(2)23-10-11-25-16(13-23)12-21-6-8-22(9-7-21)18(24)17-5-4-15(3)19-20-17/h4-5,14,16H,6-13H2,1-3H3. The highest BCUT2D eigenvalue weighted by Crippen LogP contribution is 2.12. The molecule has 1 amide bonds. The molecule has 2 fully saturated rings. The topological polar surface area (TPSA) is 61.8 Å². The second-order valence-corrected chi connectivity index (χ2v) is 7.23. The van der Waals surface area contributed by atoms with Crippen LogP contribution in [0.25, 0.3) is 0 Å². The Morgan fingerprint density at radius 1 is 1.20 bits per heavy atom. The van der Waals surface area contributed by atoms with Gasteiger partial charge in [0.05, 0.1) is 18.4 Å². The van der Waals surface area contributed by atoms with Crippen LogP contribution in [-0.2, 0) is 4.74 Å². The minimum atomic E-state index is -0.0213. The molecule has 0 bridgehead atoms.